The molecular formula is C25H26ClF2N7O3. The van der Waals surface area contributed by atoms with Gasteiger partial charge in [-0.3, -0.25) is 14.5 Å². The van der Waals surface area contributed by atoms with E-state index in [1.807, 2.05) is 0 Å². The molecular weight excluding hydrogens is 520 g/mol. The number of pyridine rings is 1. The maximum atomic E-state index is 14.2. The number of nitrogens with zero attached hydrogens (tertiary/aromatic N) is 5. The van der Waals surface area contributed by atoms with Gasteiger partial charge in [0.15, 0.2) is 0 Å². The number of aliphatic hydroxyl groups is 1. The van der Waals surface area contributed by atoms with E-state index in [-0.39, 0.29) is 41.4 Å². The van der Waals surface area contributed by atoms with Crippen molar-refractivity contribution in [3.63, 3.8) is 0 Å². The molecule has 1 aliphatic heterocycles. The minimum atomic E-state index is -0.891. The zero-order chi connectivity index (χ0) is 27.4. The third-order valence-corrected chi connectivity index (χ3v) is 6.41. The number of carbonyl (C=O) groups is 1. The molecule has 10 nitrogen and oxygen atoms in total. The van der Waals surface area contributed by atoms with Gasteiger partial charge in [0.2, 0.25) is 0 Å². The Hall–Kier alpha value is -3.87. The molecule has 0 fully saturated rings. The standard InChI is InChI=1S/C25H26ClF2N7O3/c1-34-23(3-4-32-34)33-22-8-21(19(26)10-31-22)30-9-14-6-17(13-38-2)35(25(37)24(14)29)11-15-5-16(27)7-20(28)18(15)12-36/h3-5,7-10,17,36H,6,11-13,29H2,1-2H3,(H,31,33)/t17-/m1/s1. The molecule has 3 heterocycles. The van der Waals surface area contributed by atoms with E-state index in [0.29, 0.717) is 29.0 Å². The fourth-order valence-corrected chi connectivity index (χ4v) is 4.28. The van der Waals surface area contributed by atoms with Crippen molar-refractivity contribution in [1.82, 2.24) is 19.7 Å². The van der Waals surface area contributed by atoms with Gasteiger partial charge in [0.25, 0.3) is 5.91 Å². The predicted molar refractivity (Wildman–Crippen MR) is 138 cm³/mol. The molecule has 4 rings (SSSR count). The van der Waals surface area contributed by atoms with Crippen LogP contribution in [0, 0.1) is 11.6 Å². The van der Waals surface area contributed by atoms with Crippen molar-refractivity contribution in [1.29, 1.82) is 0 Å². The second-order valence-corrected chi connectivity index (χ2v) is 9.02. The first-order valence-electron chi connectivity index (χ1n) is 11.5. The topological polar surface area (TPSA) is 131 Å². The molecule has 3 aromatic rings. The second-order valence-electron chi connectivity index (χ2n) is 8.61. The number of amides is 1. The van der Waals surface area contributed by atoms with Crippen molar-refractivity contribution < 1.29 is 23.4 Å². The highest BCUT2D eigenvalue weighted by Gasteiger charge is 2.33. The van der Waals surface area contributed by atoms with Crippen LogP contribution in [0.25, 0.3) is 0 Å². The summed E-state index contributed by atoms with van der Waals surface area (Å²) in [5, 5.41) is 17.1. The summed E-state index contributed by atoms with van der Waals surface area (Å²) in [6.45, 7) is -0.676. The molecule has 1 atom stereocenters. The van der Waals surface area contributed by atoms with Crippen molar-refractivity contribution in [3.8, 4) is 0 Å². The number of anilines is 2. The highest BCUT2D eigenvalue weighted by molar-refractivity contribution is 6.33. The molecule has 0 aliphatic carbocycles. The third-order valence-electron chi connectivity index (χ3n) is 6.12. The number of aliphatic hydroxyl groups excluding tert-OH is 1. The van der Waals surface area contributed by atoms with E-state index in [2.05, 4.69) is 20.4 Å². The van der Waals surface area contributed by atoms with Crippen molar-refractivity contribution >= 4 is 41.0 Å². The first kappa shape index (κ1) is 27.2. The zero-order valence-corrected chi connectivity index (χ0v) is 21.4. The Morgan fingerprint density at radius 3 is 2.84 bits per heavy atom. The number of nitrogens with one attached hydrogen (secondary N) is 1. The average molecular weight is 546 g/mol. The lowest BCUT2D eigenvalue weighted by molar-refractivity contribution is -0.132. The van der Waals surface area contributed by atoms with Crippen LogP contribution in [0.4, 0.5) is 26.1 Å². The van der Waals surface area contributed by atoms with E-state index in [1.54, 1.807) is 30.1 Å². The summed E-state index contributed by atoms with van der Waals surface area (Å²) in [4.78, 5) is 23.3. The monoisotopic (exact) mass is 545 g/mol. The fourth-order valence-electron chi connectivity index (χ4n) is 4.13. The lowest BCUT2D eigenvalue weighted by Crippen LogP contribution is -2.48. The molecule has 0 radical (unpaired) electrons. The quantitative estimate of drug-likeness (QED) is 0.351. The van der Waals surface area contributed by atoms with Crippen LogP contribution in [-0.2, 0) is 29.7 Å². The summed E-state index contributed by atoms with van der Waals surface area (Å²) in [6.07, 6.45) is 4.82. The van der Waals surface area contributed by atoms with Gasteiger partial charge in [-0.2, -0.15) is 5.10 Å². The average Bonchev–Trinajstić information content (AvgIpc) is 3.28. The Kier molecular flexibility index (Phi) is 8.35. The maximum absolute atomic E-state index is 14.2. The smallest absolute Gasteiger partial charge is 0.270 e. The number of methoxy groups -OCH3 is 1. The molecule has 38 heavy (non-hydrogen) atoms. The third kappa shape index (κ3) is 5.82. The number of hydrogen-bond acceptors (Lipinski definition) is 8. The molecule has 1 aromatic carbocycles. The van der Waals surface area contributed by atoms with Crippen LogP contribution in [0.5, 0.6) is 0 Å². The number of aromatic nitrogens is 3. The normalized spacial score (nSPS) is 16.1. The van der Waals surface area contributed by atoms with E-state index in [1.165, 1.54) is 24.4 Å². The van der Waals surface area contributed by atoms with Crippen LogP contribution in [0.2, 0.25) is 5.02 Å². The summed E-state index contributed by atoms with van der Waals surface area (Å²) < 4.78 is 35.0. The van der Waals surface area contributed by atoms with Gasteiger partial charge in [0.05, 0.1) is 42.4 Å². The highest BCUT2D eigenvalue weighted by Crippen LogP contribution is 2.30. The van der Waals surface area contributed by atoms with Crippen LogP contribution >= 0.6 is 11.6 Å². The zero-order valence-electron chi connectivity index (χ0n) is 20.7. The van der Waals surface area contributed by atoms with Gasteiger partial charge in [-0.1, -0.05) is 11.6 Å². The van der Waals surface area contributed by atoms with Gasteiger partial charge in [0, 0.05) is 56.3 Å². The molecule has 0 spiro atoms. The summed E-state index contributed by atoms with van der Waals surface area (Å²) >= 11 is 6.29. The Bertz CT molecular complexity index is 1410. The summed E-state index contributed by atoms with van der Waals surface area (Å²) in [6, 6.07) is 4.69. The van der Waals surface area contributed by atoms with Gasteiger partial charge < -0.3 is 25.8 Å². The van der Waals surface area contributed by atoms with Gasteiger partial charge in [-0.05, 0) is 18.1 Å². The lowest BCUT2D eigenvalue weighted by Gasteiger charge is -2.36. The largest absolute Gasteiger partial charge is 0.394 e. The lowest BCUT2D eigenvalue weighted by atomic mass is 9.96. The van der Waals surface area contributed by atoms with Crippen LogP contribution in [-0.4, -0.2) is 56.7 Å². The molecule has 0 unspecified atom stereocenters. The molecule has 0 saturated heterocycles. The first-order chi connectivity index (χ1) is 18.2. The second kappa shape index (κ2) is 11.7. The van der Waals surface area contributed by atoms with Crippen molar-refractivity contribution in [2.45, 2.75) is 25.6 Å². The minimum absolute atomic E-state index is 0.0676. The summed E-state index contributed by atoms with van der Waals surface area (Å²) in [5.74, 6) is -1.06. The van der Waals surface area contributed by atoms with Crippen molar-refractivity contribution in [2.24, 2.45) is 17.8 Å². The van der Waals surface area contributed by atoms with Crippen molar-refractivity contribution in [3.05, 3.63) is 75.7 Å². The predicted octanol–water partition coefficient (Wildman–Crippen LogP) is 3.35. The number of ether oxygens (including phenoxy) is 1. The number of rotatable bonds is 9. The number of carbonyl (C=O) groups excluding carboxylic acids is 1. The van der Waals surface area contributed by atoms with E-state index < -0.39 is 30.2 Å². The maximum Gasteiger partial charge on any atom is 0.270 e. The molecule has 1 amide bonds. The number of benzene rings is 1. The van der Waals surface area contributed by atoms with E-state index >= 15 is 0 Å². The Balaban J connectivity index is 1.60. The van der Waals surface area contributed by atoms with E-state index in [4.69, 9.17) is 22.1 Å². The molecule has 1 aliphatic rings. The van der Waals surface area contributed by atoms with Gasteiger partial charge in [-0.15, -0.1) is 0 Å². The molecule has 2 aromatic heterocycles. The molecule has 4 N–H and O–H groups in total. The minimum Gasteiger partial charge on any atom is -0.394 e. The highest BCUT2D eigenvalue weighted by atomic mass is 35.5. The van der Waals surface area contributed by atoms with Gasteiger partial charge in [0.1, 0.15) is 29.0 Å². The molecule has 0 bridgehead atoms. The number of nitrogens with two attached hydrogens (primary N) is 1. The number of aryl methyl sites for hydroxylation is 1. The summed E-state index contributed by atoms with van der Waals surface area (Å²) in [7, 11) is 3.26. The van der Waals surface area contributed by atoms with Crippen molar-refractivity contribution in [2.75, 3.05) is 19.0 Å². The van der Waals surface area contributed by atoms with Crippen LogP contribution in [0.1, 0.15) is 17.5 Å². The fraction of sp³-hybridized carbons (Fsp3) is 0.280. The van der Waals surface area contributed by atoms with Gasteiger partial charge in [-0.25, -0.2) is 13.8 Å². The Morgan fingerprint density at radius 1 is 1.37 bits per heavy atom. The number of hydrogen-bond donors (Lipinski definition) is 3. The van der Waals surface area contributed by atoms with E-state index in [9.17, 15) is 18.7 Å². The van der Waals surface area contributed by atoms with Gasteiger partial charge >= 0.3 is 0 Å². The number of halogens is 3. The van der Waals surface area contributed by atoms with Crippen LogP contribution < -0.4 is 11.1 Å². The molecule has 200 valence electrons. The number of aliphatic imine (C=N–C) groups is 1. The SMILES string of the molecule is COC[C@H]1CC(C=Nc2cc(Nc3ccnn3C)ncc2Cl)=C(N)C(=O)N1Cc1cc(F)cc(F)c1CO. The Labute approximate surface area is 222 Å². The molecule has 0 saturated carbocycles. The van der Waals surface area contributed by atoms with Crippen LogP contribution in [0.15, 0.2) is 52.9 Å². The molecule has 13 heteroatoms. The van der Waals surface area contributed by atoms with E-state index in [0.717, 1.165) is 6.07 Å². The summed E-state index contributed by atoms with van der Waals surface area (Å²) in [5.41, 5.74) is 7.02. The van der Waals surface area contributed by atoms with Crippen LogP contribution in [0.3, 0.4) is 0 Å². The Morgan fingerprint density at radius 2 is 2.16 bits per heavy atom. The first-order valence-corrected chi connectivity index (χ1v) is 11.9.